The van der Waals surface area contributed by atoms with E-state index in [2.05, 4.69) is 21.0 Å². The molecule has 0 amide bonds. The number of hydrogen-bond acceptors (Lipinski definition) is 5. The Morgan fingerprint density at radius 2 is 1.86 bits per heavy atom. The van der Waals surface area contributed by atoms with Gasteiger partial charge in [0, 0.05) is 35.1 Å². The fourth-order valence-corrected chi connectivity index (χ4v) is 3.53. The molecule has 28 heavy (non-hydrogen) atoms. The Labute approximate surface area is 161 Å². The Morgan fingerprint density at radius 3 is 2.75 bits per heavy atom. The molecule has 5 aromatic rings. The quantitative estimate of drug-likeness (QED) is 0.508. The summed E-state index contributed by atoms with van der Waals surface area (Å²) in [4.78, 5) is 13.4. The highest BCUT2D eigenvalue weighted by molar-refractivity contribution is 5.89. The minimum atomic E-state index is -0.0341. The van der Waals surface area contributed by atoms with E-state index >= 15 is 0 Å². The minimum absolute atomic E-state index is 0.0341. The number of pyridine rings is 1. The number of aliphatic hydroxyl groups is 1. The van der Waals surface area contributed by atoms with E-state index in [1.165, 1.54) is 0 Å². The first kappa shape index (κ1) is 16.4. The fourth-order valence-electron chi connectivity index (χ4n) is 3.53. The van der Waals surface area contributed by atoms with Crippen LogP contribution in [0.5, 0.6) is 0 Å². The fraction of sp³-hybridized carbons (Fsp3) is 0.0455. The number of fused-ring (bicyclic) bond motifs is 2. The Bertz CT molecular complexity index is 1330. The van der Waals surface area contributed by atoms with Crippen molar-refractivity contribution in [1.82, 2.24) is 19.4 Å². The van der Waals surface area contributed by atoms with Crippen molar-refractivity contribution in [3.63, 3.8) is 0 Å². The van der Waals surface area contributed by atoms with Gasteiger partial charge in [0.25, 0.3) is 0 Å². The van der Waals surface area contributed by atoms with Gasteiger partial charge in [-0.15, -0.1) is 0 Å². The van der Waals surface area contributed by atoms with Crippen molar-refractivity contribution in [2.24, 2.45) is 0 Å². The van der Waals surface area contributed by atoms with E-state index in [4.69, 9.17) is 5.73 Å². The van der Waals surface area contributed by atoms with Gasteiger partial charge in [-0.1, -0.05) is 30.3 Å². The molecule has 136 valence electrons. The lowest BCUT2D eigenvalue weighted by Gasteiger charge is -2.14. The molecule has 0 aliphatic heterocycles. The molecule has 0 aliphatic carbocycles. The van der Waals surface area contributed by atoms with Crippen molar-refractivity contribution in [3.8, 4) is 22.5 Å². The summed E-state index contributed by atoms with van der Waals surface area (Å²) >= 11 is 0. The number of aliphatic hydroxyl groups excluding tert-OH is 1. The summed E-state index contributed by atoms with van der Waals surface area (Å²) in [6, 6.07) is 17.8. The van der Waals surface area contributed by atoms with Crippen molar-refractivity contribution >= 4 is 22.4 Å². The maximum atomic E-state index is 9.54. The van der Waals surface area contributed by atoms with E-state index < -0.39 is 0 Å². The van der Waals surface area contributed by atoms with E-state index in [9.17, 15) is 5.11 Å². The molecule has 0 saturated carbocycles. The van der Waals surface area contributed by atoms with E-state index in [0.717, 1.165) is 39.0 Å². The van der Waals surface area contributed by atoms with Gasteiger partial charge in [-0.2, -0.15) is 0 Å². The molecule has 5 rings (SSSR count). The third kappa shape index (κ3) is 2.59. The van der Waals surface area contributed by atoms with Crippen LogP contribution >= 0.6 is 0 Å². The molecule has 0 atom stereocenters. The lowest BCUT2D eigenvalue weighted by molar-refractivity contribution is 0.282. The molecule has 0 spiro atoms. The van der Waals surface area contributed by atoms with Crippen LogP contribution in [-0.2, 0) is 6.61 Å². The molecule has 0 aliphatic rings. The monoisotopic (exact) mass is 367 g/mol. The van der Waals surface area contributed by atoms with Gasteiger partial charge < -0.3 is 10.8 Å². The topological polar surface area (TPSA) is 89.3 Å². The van der Waals surface area contributed by atoms with Gasteiger partial charge in [0.15, 0.2) is 11.5 Å². The van der Waals surface area contributed by atoms with Crippen LogP contribution in [0.2, 0.25) is 0 Å². The van der Waals surface area contributed by atoms with Gasteiger partial charge in [0.1, 0.15) is 0 Å². The molecule has 0 saturated heterocycles. The number of hydrogen-bond donors (Lipinski definition) is 2. The van der Waals surface area contributed by atoms with Crippen LogP contribution in [0.1, 0.15) is 5.56 Å². The predicted octanol–water partition coefficient (Wildman–Crippen LogP) is 3.69. The average Bonchev–Trinajstić information content (AvgIpc) is 3.24. The Morgan fingerprint density at radius 1 is 0.929 bits per heavy atom. The average molecular weight is 367 g/mol. The molecule has 3 heterocycles. The summed E-state index contributed by atoms with van der Waals surface area (Å²) < 4.78 is 1.96. The highest BCUT2D eigenvalue weighted by atomic mass is 16.3. The van der Waals surface area contributed by atoms with Crippen LogP contribution < -0.4 is 5.73 Å². The molecule has 0 fully saturated rings. The van der Waals surface area contributed by atoms with Crippen LogP contribution in [0, 0.1) is 0 Å². The third-order valence-electron chi connectivity index (χ3n) is 4.83. The Hall–Kier alpha value is -3.77. The first-order valence-electron chi connectivity index (χ1n) is 8.92. The first-order valence-corrected chi connectivity index (χ1v) is 8.92. The zero-order chi connectivity index (χ0) is 19.1. The number of benzene rings is 2. The van der Waals surface area contributed by atoms with Gasteiger partial charge in [-0.25, -0.2) is 9.97 Å². The van der Waals surface area contributed by atoms with E-state index in [-0.39, 0.29) is 6.61 Å². The van der Waals surface area contributed by atoms with E-state index in [1.54, 1.807) is 12.4 Å². The highest BCUT2D eigenvalue weighted by Crippen LogP contribution is 2.34. The van der Waals surface area contributed by atoms with Crippen LogP contribution in [-0.4, -0.2) is 24.5 Å². The normalized spacial score (nSPS) is 11.3. The predicted molar refractivity (Wildman–Crippen MR) is 109 cm³/mol. The van der Waals surface area contributed by atoms with Crippen LogP contribution in [0.4, 0.5) is 5.82 Å². The lowest BCUT2D eigenvalue weighted by Crippen LogP contribution is -2.04. The number of nitrogens with two attached hydrogens (primary N) is 1. The summed E-state index contributed by atoms with van der Waals surface area (Å²) in [6.07, 6.45) is 5.38. The van der Waals surface area contributed by atoms with Crippen molar-refractivity contribution in [3.05, 3.63) is 78.8 Å². The molecule has 0 radical (unpaired) electrons. The Kier molecular flexibility index (Phi) is 3.77. The van der Waals surface area contributed by atoms with Gasteiger partial charge in [-0.3, -0.25) is 9.38 Å². The van der Waals surface area contributed by atoms with Gasteiger partial charge in [-0.05, 0) is 29.8 Å². The maximum Gasteiger partial charge on any atom is 0.180 e. The van der Waals surface area contributed by atoms with E-state index in [1.807, 2.05) is 59.1 Å². The molecule has 0 unspecified atom stereocenters. The molecule has 3 aromatic heterocycles. The van der Waals surface area contributed by atoms with Crippen LogP contribution in [0.3, 0.4) is 0 Å². The maximum absolute atomic E-state index is 9.54. The van der Waals surface area contributed by atoms with Gasteiger partial charge in [0.05, 0.1) is 23.5 Å². The lowest BCUT2D eigenvalue weighted by atomic mass is 10.0. The smallest absolute Gasteiger partial charge is 0.180 e. The number of imidazole rings is 1. The minimum Gasteiger partial charge on any atom is -0.392 e. The number of anilines is 1. The summed E-state index contributed by atoms with van der Waals surface area (Å²) in [7, 11) is 0. The summed E-state index contributed by atoms with van der Waals surface area (Å²) in [5, 5.41) is 10.6. The van der Waals surface area contributed by atoms with Gasteiger partial charge in [0.2, 0.25) is 0 Å². The van der Waals surface area contributed by atoms with E-state index in [0.29, 0.717) is 11.5 Å². The zero-order valence-electron chi connectivity index (χ0n) is 14.9. The third-order valence-corrected chi connectivity index (χ3v) is 4.83. The molecule has 6 nitrogen and oxygen atoms in total. The summed E-state index contributed by atoms with van der Waals surface area (Å²) in [5.41, 5.74) is 12.1. The number of nitrogens with zero attached hydrogens (tertiary/aromatic N) is 4. The van der Waals surface area contributed by atoms with Crippen molar-refractivity contribution in [2.45, 2.75) is 6.61 Å². The molecule has 2 aromatic carbocycles. The van der Waals surface area contributed by atoms with Crippen LogP contribution in [0.15, 0.2) is 73.2 Å². The SMILES string of the molecule is Nc1nc(-c2cccc(CO)c2)c(-c2ccc3ncccc3c2)n2ccnc12. The zero-order valence-corrected chi connectivity index (χ0v) is 14.9. The number of aromatic nitrogens is 4. The highest BCUT2D eigenvalue weighted by Gasteiger charge is 2.17. The summed E-state index contributed by atoms with van der Waals surface area (Å²) in [5.74, 6) is 0.362. The van der Waals surface area contributed by atoms with Crippen LogP contribution in [0.25, 0.3) is 39.1 Å². The second-order valence-corrected chi connectivity index (χ2v) is 6.58. The second kappa shape index (κ2) is 6.44. The largest absolute Gasteiger partial charge is 0.392 e. The molecule has 6 heteroatoms. The molecular formula is C22H17N5O. The van der Waals surface area contributed by atoms with Crippen molar-refractivity contribution in [2.75, 3.05) is 5.73 Å². The summed E-state index contributed by atoms with van der Waals surface area (Å²) in [6.45, 7) is -0.0341. The standard InChI is InChI=1S/C22H17N5O/c23-21-22-25-9-10-27(22)20(17-6-7-18-15(12-17)5-2-8-24-18)19(26-21)16-4-1-3-14(11-16)13-28/h1-12,28H,13H2,(H2,23,26). The molecular weight excluding hydrogens is 350 g/mol. The van der Waals surface area contributed by atoms with Crippen molar-refractivity contribution in [1.29, 1.82) is 0 Å². The van der Waals surface area contributed by atoms with Gasteiger partial charge >= 0.3 is 0 Å². The number of rotatable bonds is 3. The second-order valence-electron chi connectivity index (χ2n) is 6.58. The Balaban J connectivity index is 1.85. The number of nitrogen functional groups attached to an aromatic ring is 1. The molecule has 0 bridgehead atoms. The molecule has 3 N–H and O–H groups in total. The first-order chi connectivity index (χ1) is 13.7. The van der Waals surface area contributed by atoms with Crippen molar-refractivity contribution < 1.29 is 5.11 Å².